The summed E-state index contributed by atoms with van der Waals surface area (Å²) in [5, 5.41) is 0. The molecule has 1 aromatic carbocycles. The van der Waals surface area contributed by atoms with Gasteiger partial charge in [0.1, 0.15) is 0 Å². The van der Waals surface area contributed by atoms with Gasteiger partial charge in [-0.2, -0.15) is 4.31 Å². The number of benzene rings is 1. The van der Waals surface area contributed by atoms with Gasteiger partial charge in [0.05, 0.1) is 18.1 Å². The Morgan fingerprint density at radius 2 is 1.68 bits per heavy atom. The summed E-state index contributed by atoms with van der Waals surface area (Å²) >= 11 is 0. The number of sulfonamides is 1. The van der Waals surface area contributed by atoms with Gasteiger partial charge in [0, 0.05) is 18.1 Å². The van der Waals surface area contributed by atoms with Crippen LogP contribution in [0.2, 0.25) is 0 Å². The zero-order valence-corrected chi connectivity index (χ0v) is 17.7. The van der Waals surface area contributed by atoms with Crippen molar-refractivity contribution in [1.82, 2.24) is 9.21 Å². The van der Waals surface area contributed by atoms with Gasteiger partial charge in [0.25, 0.3) is 0 Å². The van der Waals surface area contributed by atoms with E-state index < -0.39 is 10.0 Å². The van der Waals surface area contributed by atoms with Gasteiger partial charge in [-0.15, -0.1) is 0 Å². The molecule has 0 aliphatic carbocycles. The molecule has 2 unspecified atom stereocenters. The SMILES string of the molecule is CC1CCN(C2CC3CCC(C2)N3S(=O)(=O)c2ccc3c(c2)COCC3)CC1. The van der Waals surface area contributed by atoms with Crippen molar-refractivity contribution in [1.29, 1.82) is 0 Å². The van der Waals surface area contributed by atoms with Gasteiger partial charge in [0.15, 0.2) is 0 Å². The summed E-state index contributed by atoms with van der Waals surface area (Å²) in [5.74, 6) is 0.835. The summed E-state index contributed by atoms with van der Waals surface area (Å²) in [4.78, 5) is 3.10. The highest BCUT2D eigenvalue weighted by molar-refractivity contribution is 7.89. The van der Waals surface area contributed by atoms with E-state index in [2.05, 4.69) is 11.8 Å². The fourth-order valence-corrected chi connectivity index (χ4v) is 7.76. The zero-order chi connectivity index (χ0) is 19.3. The van der Waals surface area contributed by atoms with Crippen LogP contribution < -0.4 is 0 Å². The molecular formula is C22H32N2O3S. The van der Waals surface area contributed by atoms with Crippen molar-refractivity contribution >= 4 is 10.0 Å². The van der Waals surface area contributed by atoms with E-state index >= 15 is 0 Å². The minimum Gasteiger partial charge on any atom is -0.376 e. The second kappa shape index (κ2) is 7.38. The van der Waals surface area contributed by atoms with E-state index in [1.165, 1.54) is 31.5 Å². The van der Waals surface area contributed by atoms with E-state index in [4.69, 9.17) is 4.74 Å². The highest BCUT2D eigenvalue weighted by Gasteiger charge is 2.48. The molecule has 0 saturated carbocycles. The van der Waals surface area contributed by atoms with Gasteiger partial charge >= 0.3 is 0 Å². The minimum absolute atomic E-state index is 0.167. The van der Waals surface area contributed by atoms with Crippen molar-refractivity contribution in [3.05, 3.63) is 29.3 Å². The number of hydrogen-bond acceptors (Lipinski definition) is 4. The van der Waals surface area contributed by atoms with Crippen LogP contribution in [0.1, 0.15) is 56.6 Å². The molecule has 4 aliphatic rings. The van der Waals surface area contributed by atoms with Crippen LogP contribution in [-0.2, 0) is 27.8 Å². The molecule has 154 valence electrons. The Bertz CT molecular complexity index is 818. The van der Waals surface area contributed by atoms with Crippen LogP contribution in [0.4, 0.5) is 0 Å². The lowest BCUT2D eigenvalue weighted by atomic mass is 9.93. The molecular weight excluding hydrogens is 372 g/mol. The monoisotopic (exact) mass is 404 g/mol. The largest absolute Gasteiger partial charge is 0.376 e. The maximum absolute atomic E-state index is 13.5. The molecule has 0 spiro atoms. The standard InChI is InChI=1S/C22H32N2O3S/c1-16-6-9-23(10-7-16)21-13-19-3-4-20(14-21)24(19)28(25,26)22-5-2-17-8-11-27-15-18(17)12-22/h2,5,12,16,19-21H,3-4,6-11,13-15H2,1H3. The summed E-state index contributed by atoms with van der Waals surface area (Å²) in [5.41, 5.74) is 2.27. The first-order valence-electron chi connectivity index (χ1n) is 11.0. The number of rotatable bonds is 3. The van der Waals surface area contributed by atoms with Gasteiger partial charge in [0.2, 0.25) is 10.0 Å². The van der Waals surface area contributed by atoms with Crippen LogP contribution >= 0.6 is 0 Å². The second-order valence-corrected chi connectivity index (χ2v) is 11.1. The predicted molar refractivity (Wildman–Crippen MR) is 109 cm³/mol. The predicted octanol–water partition coefficient (Wildman–Crippen LogP) is 3.18. The molecule has 1 aromatic rings. The molecule has 0 amide bonds. The van der Waals surface area contributed by atoms with E-state index in [1.54, 1.807) is 0 Å². The minimum atomic E-state index is -3.44. The Labute approximate surface area is 169 Å². The third-order valence-electron chi connectivity index (χ3n) is 7.50. The normalized spacial score (nSPS) is 32.4. The lowest BCUT2D eigenvalue weighted by Gasteiger charge is -2.44. The Hall–Kier alpha value is -0.950. The molecule has 2 atom stereocenters. The first kappa shape index (κ1) is 19.0. The van der Waals surface area contributed by atoms with Gasteiger partial charge in [-0.25, -0.2) is 8.42 Å². The molecule has 0 N–H and O–H groups in total. The Morgan fingerprint density at radius 1 is 0.964 bits per heavy atom. The number of nitrogens with zero attached hydrogens (tertiary/aromatic N) is 2. The van der Waals surface area contributed by atoms with Crippen molar-refractivity contribution in [2.45, 2.75) is 81.5 Å². The zero-order valence-electron chi connectivity index (χ0n) is 16.8. The van der Waals surface area contributed by atoms with Crippen LogP contribution in [0.15, 0.2) is 23.1 Å². The highest BCUT2D eigenvalue weighted by atomic mass is 32.2. The fourth-order valence-electron chi connectivity index (χ4n) is 5.82. The molecule has 0 aromatic heterocycles. The van der Waals surface area contributed by atoms with E-state index in [0.29, 0.717) is 17.5 Å². The third-order valence-corrected chi connectivity index (χ3v) is 9.50. The van der Waals surface area contributed by atoms with Gasteiger partial charge < -0.3 is 9.64 Å². The van der Waals surface area contributed by atoms with Crippen molar-refractivity contribution in [2.75, 3.05) is 19.7 Å². The summed E-state index contributed by atoms with van der Waals surface area (Å²) in [6.45, 7) is 5.97. The van der Waals surface area contributed by atoms with Crippen molar-refractivity contribution in [2.24, 2.45) is 5.92 Å². The van der Waals surface area contributed by atoms with Crippen LogP contribution in [-0.4, -0.2) is 55.4 Å². The maximum atomic E-state index is 13.5. The third kappa shape index (κ3) is 3.32. The summed E-state index contributed by atoms with van der Waals surface area (Å²) in [7, 11) is -3.44. The average molecular weight is 405 g/mol. The van der Waals surface area contributed by atoms with Crippen LogP contribution in [0, 0.1) is 5.92 Å². The van der Waals surface area contributed by atoms with Gasteiger partial charge in [-0.3, -0.25) is 0 Å². The van der Waals surface area contributed by atoms with Crippen LogP contribution in [0.3, 0.4) is 0 Å². The first-order valence-corrected chi connectivity index (χ1v) is 12.4. The Balaban J connectivity index is 1.35. The molecule has 4 aliphatic heterocycles. The molecule has 0 radical (unpaired) electrons. The first-order chi connectivity index (χ1) is 13.5. The lowest BCUT2D eigenvalue weighted by Crippen LogP contribution is -2.53. The van der Waals surface area contributed by atoms with Crippen molar-refractivity contribution in [3.63, 3.8) is 0 Å². The van der Waals surface area contributed by atoms with Crippen LogP contribution in [0.25, 0.3) is 0 Å². The Kier molecular flexibility index (Phi) is 5.02. The molecule has 3 fully saturated rings. The van der Waals surface area contributed by atoms with Gasteiger partial charge in [-0.05, 0) is 87.2 Å². The molecule has 4 heterocycles. The summed E-state index contributed by atoms with van der Waals surface area (Å²) < 4.78 is 34.5. The molecule has 28 heavy (non-hydrogen) atoms. The number of ether oxygens (including phenoxy) is 1. The lowest BCUT2D eigenvalue weighted by molar-refractivity contribution is 0.0759. The smallest absolute Gasteiger partial charge is 0.243 e. The highest BCUT2D eigenvalue weighted by Crippen LogP contribution is 2.42. The fraction of sp³-hybridized carbons (Fsp3) is 0.727. The Morgan fingerprint density at radius 3 is 2.39 bits per heavy atom. The van der Waals surface area contributed by atoms with Gasteiger partial charge in [-0.1, -0.05) is 13.0 Å². The number of fused-ring (bicyclic) bond motifs is 3. The number of piperidine rings is 2. The summed E-state index contributed by atoms with van der Waals surface area (Å²) in [6, 6.07) is 6.57. The van der Waals surface area contributed by atoms with E-state index in [1.807, 2.05) is 22.5 Å². The molecule has 3 saturated heterocycles. The maximum Gasteiger partial charge on any atom is 0.243 e. The number of hydrogen-bond donors (Lipinski definition) is 0. The summed E-state index contributed by atoms with van der Waals surface area (Å²) in [6.07, 6.45) is 7.46. The molecule has 5 rings (SSSR count). The second-order valence-electron chi connectivity index (χ2n) is 9.30. The average Bonchev–Trinajstić information content (AvgIpc) is 2.99. The van der Waals surface area contributed by atoms with Crippen LogP contribution in [0.5, 0.6) is 0 Å². The molecule has 2 bridgehead atoms. The molecule has 6 heteroatoms. The van der Waals surface area contributed by atoms with E-state index in [9.17, 15) is 8.42 Å². The number of likely N-dealkylation sites (tertiary alicyclic amines) is 1. The van der Waals surface area contributed by atoms with E-state index in [-0.39, 0.29) is 12.1 Å². The van der Waals surface area contributed by atoms with E-state index in [0.717, 1.165) is 50.2 Å². The molecule has 5 nitrogen and oxygen atoms in total. The van der Waals surface area contributed by atoms with Crippen molar-refractivity contribution in [3.8, 4) is 0 Å². The van der Waals surface area contributed by atoms with Crippen molar-refractivity contribution < 1.29 is 13.2 Å². The topological polar surface area (TPSA) is 49.9 Å². The quantitative estimate of drug-likeness (QED) is 0.776.